The molecule has 1 aromatic carbocycles. The highest BCUT2D eigenvalue weighted by Gasteiger charge is 2.19. The molecule has 3 nitrogen and oxygen atoms in total. The highest BCUT2D eigenvalue weighted by molar-refractivity contribution is 9.10. The standard InChI is InChI=1S/C11H13BrO3/c1-4-15-11(14)9-7(3)8(12)5-6(2)10(9)13/h5,13H,4H2,1-3H3. The summed E-state index contributed by atoms with van der Waals surface area (Å²) in [6.07, 6.45) is 0. The minimum absolute atomic E-state index is 0.00542. The van der Waals surface area contributed by atoms with Crippen molar-refractivity contribution in [1.29, 1.82) is 0 Å². The number of ether oxygens (including phenoxy) is 1. The van der Waals surface area contributed by atoms with Gasteiger partial charge in [-0.25, -0.2) is 4.79 Å². The SMILES string of the molecule is CCOC(=O)c1c(C)c(Br)cc(C)c1O. The number of aromatic hydroxyl groups is 1. The van der Waals surface area contributed by atoms with E-state index in [0.29, 0.717) is 17.7 Å². The predicted molar refractivity (Wildman–Crippen MR) is 61.2 cm³/mol. The molecule has 0 aliphatic carbocycles. The van der Waals surface area contributed by atoms with Gasteiger partial charge in [0.05, 0.1) is 6.61 Å². The Labute approximate surface area is 97.2 Å². The van der Waals surface area contributed by atoms with Gasteiger partial charge in [0.15, 0.2) is 0 Å². The van der Waals surface area contributed by atoms with Crippen LogP contribution in [0.2, 0.25) is 0 Å². The number of carbonyl (C=O) groups is 1. The first-order valence-corrected chi connectivity index (χ1v) is 5.44. The van der Waals surface area contributed by atoms with Gasteiger partial charge in [-0.15, -0.1) is 0 Å². The van der Waals surface area contributed by atoms with Crippen LogP contribution in [0.4, 0.5) is 0 Å². The van der Waals surface area contributed by atoms with Crippen LogP contribution < -0.4 is 0 Å². The van der Waals surface area contributed by atoms with E-state index in [4.69, 9.17) is 4.74 Å². The van der Waals surface area contributed by atoms with Crippen LogP contribution in [0.25, 0.3) is 0 Å². The van der Waals surface area contributed by atoms with Crippen LogP contribution in [0, 0.1) is 13.8 Å². The van der Waals surface area contributed by atoms with Gasteiger partial charge in [0.25, 0.3) is 0 Å². The van der Waals surface area contributed by atoms with Gasteiger partial charge in [-0.1, -0.05) is 15.9 Å². The Morgan fingerprint density at radius 3 is 2.67 bits per heavy atom. The number of phenolic OH excluding ortho intramolecular Hbond substituents is 1. The summed E-state index contributed by atoms with van der Waals surface area (Å²) in [5.41, 5.74) is 1.58. The summed E-state index contributed by atoms with van der Waals surface area (Å²) in [5, 5.41) is 9.78. The largest absolute Gasteiger partial charge is 0.507 e. The van der Waals surface area contributed by atoms with Crippen LogP contribution in [0.3, 0.4) is 0 Å². The van der Waals surface area contributed by atoms with Gasteiger partial charge in [-0.05, 0) is 38.0 Å². The maximum absolute atomic E-state index is 11.6. The van der Waals surface area contributed by atoms with Gasteiger partial charge in [0.2, 0.25) is 0 Å². The maximum Gasteiger partial charge on any atom is 0.342 e. The monoisotopic (exact) mass is 272 g/mol. The number of carbonyl (C=O) groups excluding carboxylic acids is 1. The fourth-order valence-corrected chi connectivity index (χ4v) is 1.86. The molecule has 0 amide bonds. The summed E-state index contributed by atoms with van der Waals surface area (Å²) in [5.74, 6) is -0.494. The van der Waals surface area contributed by atoms with Gasteiger partial charge in [-0.2, -0.15) is 0 Å². The average molecular weight is 273 g/mol. The van der Waals surface area contributed by atoms with E-state index in [1.165, 1.54) is 0 Å². The summed E-state index contributed by atoms with van der Waals surface area (Å²) in [4.78, 5) is 11.6. The smallest absolute Gasteiger partial charge is 0.342 e. The molecule has 0 spiro atoms. The van der Waals surface area contributed by atoms with E-state index in [-0.39, 0.29) is 11.3 Å². The molecule has 4 heteroatoms. The first-order valence-electron chi connectivity index (χ1n) is 4.64. The summed E-state index contributed by atoms with van der Waals surface area (Å²) in [6.45, 7) is 5.52. The van der Waals surface area contributed by atoms with Gasteiger partial charge in [-0.3, -0.25) is 0 Å². The van der Waals surface area contributed by atoms with Crippen molar-refractivity contribution in [1.82, 2.24) is 0 Å². The highest BCUT2D eigenvalue weighted by Crippen LogP contribution is 2.31. The van der Waals surface area contributed by atoms with Gasteiger partial charge in [0.1, 0.15) is 11.3 Å². The number of hydrogen-bond donors (Lipinski definition) is 1. The Hall–Kier alpha value is -1.03. The van der Waals surface area contributed by atoms with Crippen LogP contribution >= 0.6 is 15.9 Å². The minimum Gasteiger partial charge on any atom is -0.507 e. The van der Waals surface area contributed by atoms with Crippen molar-refractivity contribution < 1.29 is 14.6 Å². The second-order valence-corrected chi connectivity index (χ2v) is 4.10. The lowest BCUT2D eigenvalue weighted by atomic mass is 10.0. The highest BCUT2D eigenvalue weighted by atomic mass is 79.9. The zero-order chi connectivity index (χ0) is 11.6. The van der Waals surface area contributed by atoms with E-state index in [2.05, 4.69) is 15.9 Å². The number of phenols is 1. The fraction of sp³-hybridized carbons (Fsp3) is 0.364. The third-order valence-corrected chi connectivity index (χ3v) is 2.99. The van der Waals surface area contributed by atoms with Gasteiger partial charge in [0, 0.05) is 4.47 Å². The second kappa shape index (κ2) is 4.66. The normalized spacial score (nSPS) is 10.1. The molecule has 82 valence electrons. The molecule has 0 bridgehead atoms. The summed E-state index contributed by atoms with van der Waals surface area (Å²) in [6, 6.07) is 1.77. The van der Waals surface area contributed by atoms with E-state index >= 15 is 0 Å². The maximum atomic E-state index is 11.6. The van der Waals surface area contributed by atoms with Crippen molar-refractivity contribution in [2.24, 2.45) is 0 Å². The van der Waals surface area contributed by atoms with Gasteiger partial charge >= 0.3 is 5.97 Å². The van der Waals surface area contributed by atoms with E-state index in [1.54, 1.807) is 26.8 Å². The van der Waals surface area contributed by atoms with Crippen molar-refractivity contribution in [3.63, 3.8) is 0 Å². The van der Waals surface area contributed by atoms with E-state index in [0.717, 1.165) is 4.47 Å². The Balaban J connectivity index is 3.32. The number of halogens is 1. The van der Waals surface area contributed by atoms with E-state index in [9.17, 15) is 9.90 Å². The van der Waals surface area contributed by atoms with Crippen molar-refractivity contribution in [3.05, 3.63) is 27.2 Å². The number of benzene rings is 1. The first kappa shape index (κ1) is 12.0. The Kier molecular flexibility index (Phi) is 3.74. The molecule has 1 aromatic rings. The Morgan fingerprint density at radius 2 is 2.13 bits per heavy atom. The topological polar surface area (TPSA) is 46.5 Å². The van der Waals surface area contributed by atoms with Crippen LogP contribution in [0.5, 0.6) is 5.75 Å². The average Bonchev–Trinajstić information content (AvgIpc) is 2.16. The van der Waals surface area contributed by atoms with Crippen LogP contribution in [0.15, 0.2) is 10.5 Å². The molecule has 0 atom stereocenters. The predicted octanol–water partition coefficient (Wildman–Crippen LogP) is 2.95. The molecule has 0 saturated heterocycles. The number of aryl methyl sites for hydroxylation is 1. The zero-order valence-corrected chi connectivity index (χ0v) is 10.5. The lowest BCUT2D eigenvalue weighted by molar-refractivity contribution is 0.0522. The number of rotatable bonds is 2. The summed E-state index contributed by atoms with van der Waals surface area (Å²) in [7, 11) is 0. The molecular weight excluding hydrogens is 260 g/mol. The molecule has 0 aliphatic rings. The molecule has 0 saturated carbocycles. The van der Waals surface area contributed by atoms with Crippen LogP contribution in [-0.4, -0.2) is 17.7 Å². The van der Waals surface area contributed by atoms with E-state index < -0.39 is 5.97 Å². The molecule has 1 N–H and O–H groups in total. The van der Waals surface area contributed by atoms with Crippen molar-refractivity contribution in [3.8, 4) is 5.75 Å². The molecule has 0 aliphatic heterocycles. The molecule has 0 heterocycles. The van der Waals surface area contributed by atoms with Crippen LogP contribution in [0.1, 0.15) is 28.4 Å². The zero-order valence-electron chi connectivity index (χ0n) is 8.93. The molecule has 0 fully saturated rings. The summed E-state index contributed by atoms with van der Waals surface area (Å²) < 4.78 is 5.67. The van der Waals surface area contributed by atoms with Gasteiger partial charge < -0.3 is 9.84 Å². The van der Waals surface area contributed by atoms with Crippen molar-refractivity contribution >= 4 is 21.9 Å². The quantitative estimate of drug-likeness (QED) is 0.843. The lowest BCUT2D eigenvalue weighted by Gasteiger charge is -2.11. The number of hydrogen-bond acceptors (Lipinski definition) is 3. The second-order valence-electron chi connectivity index (χ2n) is 3.24. The van der Waals surface area contributed by atoms with Crippen molar-refractivity contribution in [2.75, 3.05) is 6.61 Å². The first-order chi connectivity index (χ1) is 6.99. The summed E-state index contributed by atoms with van der Waals surface area (Å²) >= 11 is 3.33. The molecule has 0 radical (unpaired) electrons. The number of esters is 1. The third-order valence-electron chi connectivity index (χ3n) is 2.17. The molecule has 1 rings (SSSR count). The minimum atomic E-state index is -0.489. The molecular formula is C11H13BrO3. The molecule has 15 heavy (non-hydrogen) atoms. The Morgan fingerprint density at radius 1 is 1.53 bits per heavy atom. The Bertz CT molecular complexity index is 373. The van der Waals surface area contributed by atoms with E-state index in [1.807, 2.05) is 0 Å². The lowest BCUT2D eigenvalue weighted by Crippen LogP contribution is -2.08. The molecule has 0 unspecified atom stereocenters. The van der Waals surface area contributed by atoms with Crippen LogP contribution in [-0.2, 0) is 4.74 Å². The van der Waals surface area contributed by atoms with Crippen molar-refractivity contribution in [2.45, 2.75) is 20.8 Å². The third kappa shape index (κ3) is 2.31. The fourth-order valence-electron chi connectivity index (χ4n) is 1.31. The molecule has 0 aromatic heterocycles.